The van der Waals surface area contributed by atoms with Crippen molar-refractivity contribution < 1.29 is 23.9 Å². The van der Waals surface area contributed by atoms with E-state index in [0.29, 0.717) is 10.8 Å². The summed E-state index contributed by atoms with van der Waals surface area (Å²) >= 11 is 13.2. The van der Waals surface area contributed by atoms with Crippen molar-refractivity contribution in [3.63, 3.8) is 0 Å². The molecule has 3 rings (SSSR count). The monoisotopic (exact) mass is 495 g/mol. The zero-order chi connectivity index (χ0) is 23.4. The molecule has 0 spiro atoms. The fourth-order valence-electron chi connectivity index (χ4n) is 3.10. The fraction of sp³-hybridized carbons (Fsp3) is 0.286. The van der Waals surface area contributed by atoms with Gasteiger partial charge in [0.05, 0.1) is 21.2 Å². The summed E-state index contributed by atoms with van der Waals surface area (Å²) in [5.41, 5.74) is 0.461. The number of thioether (sulfide) groups is 1. The van der Waals surface area contributed by atoms with E-state index in [4.69, 9.17) is 27.9 Å². The van der Waals surface area contributed by atoms with Gasteiger partial charge in [-0.05, 0) is 43.6 Å². The normalized spacial score (nSPS) is 14.7. The number of halogens is 2. The number of benzene rings is 1. The van der Waals surface area contributed by atoms with E-state index < -0.39 is 35.8 Å². The van der Waals surface area contributed by atoms with E-state index in [1.807, 2.05) is 6.26 Å². The van der Waals surface area contributed by atoms with Crippen LogP contribution in [-0.4, -0.2) is 57.7 Å². The third kappa shape index (κ3) is 5.06. The predicted molar refractivity (Wildman–Crippen MR) is 122 cm³/mol. The first kappa shape index (κ1) is 24.0. The van der Waals surface area contributed by atoms with Gasteiger partial charge < -0.3 is 10.1 Å². The molecule has 0 saturated carbocycles. The Morgan fingerprint density at radius 3 is 2.38 bits per heavy atom. The Bertz CT molecular complexity index is 1050. The molecule has 1 N–H and O–H groups in total. The number of hydrogen-bond donors (Lipinski definition) is 1. The quantitative estimate of drug-likeness (QED) is 0.439. The first-order chi connectivity index (χ1) is 15.2. The van der Waals surface area contributed by atoms with Gasteiger partial charge in [-0.3, -0.25) is 19.3 Å². The topological polar surface area (TPSA) is 106 Å². The highest BCUT2D eigenvalue weighted by atomic mass is 35.5. The van der Waals surface area contributed by atoms with E-state index in [2.05, 4.69) is 10.3 Å². The van der Waals surface area contributed by atoms with Crippen LogP contribution in [0.5, 0.6) is 0 Å². The van der Waals surface area contributed by atoms with Gasteiger partial charge in [0.15, 0.2) is 11.9 Å². The summed E-state index contributed by atoms with van der Waals surface area (Å²) in [6.07, 6.45) is 2.09. The average molecular weight is 496 g/mol. The van der Waals surface area contributed by atoms with Gasteiger partial charge in [-0.1, -0.05) is 35.3 Å². The third-order valence-electron chi connectivity index (χ3n) is 4.72. The lowest BCUT2D eigenvalue weighted by Crippen LogP contribution is -2.47. The molecule has 2 heterocycles. The summed E-state index contributed by atoms with van der Waals surface area (Å²) in [5, 5.41) is 2.87. The van der Waals surface area contributed by atoms with Gasteiger partial charge in [0, 0.05) is 6.20 Å². The highest BCUT2D eigenvalue weighted by Crippen LogP contribution is 2.27. The standard InChI is InChI=1S/C21H19Cl2N3O5S/c1-11(18(27)25-17-15(23)9-12(22)10-24-17)31-21(30)16(7-8-32-2)26-19(28)13-5-3-4-6-14(13)20(26)29/h3-6,9-11,16H,7-8H2,1-2H3,(H,24,25,27). The number of carbonyl (C=O) groups is 4. The number of anilines is 1. The minimum atomic E-state index is -1.23. The summed E-state index contributed by atoms with van der Waals surface area (Å²) < 4.78 is 5.31. The van der Waals surface area contributed by atoms with Crippen molar-refractivity contribution >= 4 is 64.5 Å². The van der Waals surface area contributed by atoms with E-state index in [1.54, 1.807) is 12.1 Å². The van der Waals surface area contributed by atoms with Crippen LogP contribution < -0.4 is 5.32 Å². The predicted octanol–water partition coefficient (Wildman–Crippen LogP) is 3.68. The molecule has 1 aromatic carbocycles. The van der Waals surface area contributed by atoms with Gasteiger partial charge in [0.25, 0.3) is 17.7 Å². The summed E-state index contributed by atoms with van der Waals surface area (Å²) in [4.78, 5) is 55.9. The minimum absolute atomic E-state index is 0.0586. The molecule has 2 atom stereocenters. The molecule has 1 aliphatic heterocycles. The Kier molecular flexibility index (Phi) is 7.76. The molecule has 0 saturated heterocycles. The lowest BCUT2D eigenvalue weighted by Gasteiger charge is -2.25. The van der Waals surface area contributed by atoms with Gasteiger partial charge in [-0.15, -0.1) is 0 Å². The average Bonchev–Trinajstić information content (AvgIpc) is 3.01. The highest BCUT2D eigenvalue weighted by Gasteiger charge is 2.43. The van der Waals surface area contributed by atoms with E-state index in [-0.39, 0.29) is 28.4 Å². The van der Waals surface area contributed by atoms with Crippen LogP contribution in [0.2, 0.25) is 10.0 Å². The first-order valence-corrected chi connectivity index (χ1v) is 11.7. The molecule has 0 aliphatic carbocycles. The Balaban J connectivity index is 1.74. The molecule has 0 radical (unpaired) electrons. The second-order valence-electron chi connectivity index (χ2n) is 6.88. The Hall–Kier alpha value is -2.62. The van der Waals surface area contributed by atoms with Crippen molar-refractivity contribution in [3.05, 3.63) is 57.7 Å². The van der Waals surface area contributed by atoms with Gasteiger partial charge in [0.2, 0.25) is 0 Å². The Morgan fingerprint density at radius 1 is 1.19 bits per heavy atom. The number of fused-ring (bicyclic) bond motifs is 1. The lowest BCUT2D eigenvalue weighted by atomic mass is 10.1. The number of amides is 3. The van der Waals surface area contributed by atoms with Crippen molar-refractivity contribution in [2.75, 3.05) is 17.3 Å². The van der Waals surface area contributed by atoms with Crippen LogP contribution in [-0.2, 0) is 14.3 Å². The molecule has 0 fully saturated rings. The van der Waals surface area contributed by atoms with Crippen molar-refractivity contribution in [2.24, 2.45) is 0 Å². The molecule has 32 heavy (non-hydrogen) atoms. The maximum Gasteiger partial charge on any atom is 0.330 e. The number of pyridine rings is 1. The Labute approximate surface area is 198 Å². The van der Waals surface area contributed by atoms with Crippen molar-refractivity contribution in [1.29, 1.82) is 0 Å². The van der Waals surface area contributed by atoms with Crippen molar-refractivity contribution in [1.82, 2.24) is 9.88 Å². The summed E-state index contributed by atoms with van der Waals surface area (Å²) in [7, 11) is 0. The molecule has 1 aromatic heterocycles. The SMILES string of the molecule is CSCCC(C(=O)OC(C)C(=O)Nc1ncc(Cl)cc1Cl)N1C(=O)c2ccccc2C1=O. The van der Waals surface area contributed by atoms with Crippen LogP contribution in [0.15, 0.2) is 36.5 Å². The number of carbonyl (C=O) groups excluding carboxylic acids is 4. The summed E-state index contributed by atoms with van der Waals surface area (Å²) in [5.74, 6) is -2.11. The van der Waals surface area contributed by atoms with Crippen molar-refractivity contribution in [3.8, 4) is 0 Å². The molecule has 11 heteroatoms. The second kappa shape index (κ2) is 10.3. The third-order valence-corrected chi connectivity index (χ3v) is 5.85. The van der Waals surface area contributed by atoms with E-state index in [1.165, 1.54) is 43.1 Å². The fourth-order valence-corrected chi connectivity index (χ4v) is 3.99. The summed E-state index contributed by atoms with van der Waals surface area (Å²) in [6, 6.07) is 6.60. The number of imide groups is 1. The molecular formula is C21H19Cl2N3O5S. The zero-order valence-electron chi connectivity index (χ0n) is 17.1. The highest BCUT2D eigenvalue weighted by molar-refractivity contribution is 7.98. The number of esters is 1. The molecule has 3 amide bonds. The van der Waals surface area contributed by atoms with Crippen LogP contribution in [0, 0.1) is 0 Å². The van der Waals surface area contributed by atoms with Crippen LogP contribution in [0.3, 0.4) is 0 Å². The van der Waals surface area contributed by atoms with Crippen LogP contribution >= 0.6 is 35.0 Å². The number of ether oxygens (including phenoxy) is 1. The van der Waals surface area contributed by atoms with E-state index in [0.717, 1.165) is 4.90 Å². The molecular weight excluding hydrogens is 477 g/mol. The largest absolute Gasteiger partial charge is 0.451 e. The molecule has 2 unspecified atom stereocenters. The van der Waals surface area contributed by atoms with Gasteiger partial charge in [-0.2, -0.15) is 11.8 Å². The van der Waals surface area contributed by atoms with Crippen molar-refractivity contribution in [2.45, 2.75) is 25.5 Å². The van der Waals surface area contributed by atoms with Gasteiger partial charge >= 0.3 is 5.97 Å². The molecule has 1 aliphatic rings. The Morgan fingerprint density at radius 2 is 1.81 bits per heavy atom. The number of nitrogens with one attached hydrogen (secondary N) is 1. The second-order valence-corrected chi connectivity index (χ2v) is 8.70. The van der Waals surface area contributed by atoms with Crippen LogP contribution in [0.25, 0.3) is 0 Å². The number of nitrogens with zero attached hydrogens (tertiary/aromatic N) is 2. The zero-order valence-corrected chi connectivity index (χ0v) is 19.5. The van der Waals surface area contributed by atoms with E-state index in [9.17, 15) is 19.2 Å². The minimum Gasteiger partial charge on any atom is -0.451 e. The number of aromatic nitrogens is 1. The lowest BCUT2D eigenvalue weighted by molar-refractivity contribution is -0.157. The number of hydrogen-bond acceptors (Lipinski definition) is 7. The van der Waals surface area contributed by atoms with E-state index >= 15 is 0 Å². The molecule has 168 valence electrons. The number of rotatable bonds is 8. The smallest absolute Gasteiger partial charge is 0.330 e. The maximum atomic E-state index is 12.9. The van der Waals surface area contributed by atoms with Crippen LogP contribution in [0.1, 0.15) is 34.1 Å². The maximum absolute atomic E-state index is 12.9. The van der Waals surface area contributed by atoms with Gasteiger partial charge in [-0.25, -0.2) is 9.78 Å². The molecule has 0 bridgehead atoms. The van der Waals surface area contributed by atoms with Gasteiger partial charge in [0.1, 0.15) is 6.04 Å². The first-order valence-electron chi connectivity index (χ1n) is 9.52. The van der Waals surface area contributed by atoms with Crippen LogP contribution in [0.4, 0.5) is 5.82 Å². The molecule has 2 aromatic rings. The summed E-state index contributed by atoms with van der Waals surface area (Å²) in [6.45, 7) is 1.37. The molecule has 8 nitrogen and oxygen atoms in total.